The molecule has 0 radical (unpaired) electrons. The molecule has 0 saturated carbocycles. The number of pyridine rings is 2. The van der Waals surface area contributed by atoms with Crippen molar-refractivity contribution in [2.24, 2.45) is 0 Å². The molecule has 0 unspecified atom stereocenters. The van der Waals surface area contributed by atoms with Crippen LogP contribution in [0.15, 0.2) is 181 Å². The zero-order valence-electron chi connectivity index (χ0n) is 45.3. The van der Waals surface area contributed by atoms with Crippen LogP contribution in [0.3, 0.4) is 0 Å². The Hall–Kier alpha value is -7.76. The summed E-state index contributed by atoms with van der Waals surface area (Å²) in [4.78, 5) is 14.2. The number of aromatic nitrogens is 4. The van der Waals surface area contributed by atoms with Crippen LogP contribution < -0.4 is 0 Å². The van der Waals surface area contributed by atoms with Gasteiger partial charge in [-0.2, -0.15) is 0 Å². The quantitative estimate of drug-likeness (QED) is 0.0903. The molecular formula is C71H63IrN4O. The van der Waals surface area contributed by atoms with E-state index < -0.39 is 0 Å². The second kappa shape index (κ2) is 22.8. The van der Waals surface area contributed by atoms with Crippen molar-refractivity contribution in [2.75, 3.05) is 0 Å². The van der Waals surface area contributed by atoms with Crippen LogP contribution >= 0.6 is 0 Å². The van der Waals surface area contributed by atoms with E-state index in [0.29, 0.717) is 11.8 Å². The van der Waals surface area contributed by atoms with E-state index in [9.17, 15) is 0 Å². The molecule has 12 rings (SSSR count). The molecular weight excluding hydrogens is 1120 g/mol. The minimum Gasteiger partial charge on any atom is -0.501 e. The number of furan rings is 1. The summed E-state index contributed by atoms with van der Waals surface area (Å²) >= 11 is 0. The van der Waals surface area contributed by atoms with Gasteiger partial charge in [-0.3, -0.25) is 4.98 Å². The van der Waals surface area contributed by atoms with Gasteiger partial charge < -0.3 is 19.0 Å². The Bertz CT molecular complexity index is 4020. The van der Waals surface area contributed by atoms with Crippen molar-refractivity contribution in [1.82, 2.24) is 19.5 Å². The summed E-state index contributed by atoms with van der Waals surface area (Å²) < 4.78 is 8.86. The summed E-state index contributed by atoms with van der Waals surface area (Å²) in [6, 6.07) is 64.4. The van der Waals surface area contributed by atoms with Crippen molar-refractivity contribution < 1.29 is 24.5 Å². The number of benzene rings is 8. The molecule has 0 saturated heterocycles. The fourth-order valence-corrected chi connectivity index (χ4v) is 10.6. The molecule has 77 heavy (non-hydrogen) atoms. The largest absolute Gasteiger partial charge is 3.00 e. The van der Waals surface area contributed by atoms with Crippen molar-refractivity contribution >= 4 is 43.5 Å². The molecule has 0 aliphatic heterocycles. The average molecular weight is 1180 g/mol. The maximum absolute atomic E-state index is 6.63. The van der Waals surface area contributed by atoms with Crippen LogP contribution in [0.4, 0.5) is 0 Å². The van der Waals surface area contributed by atoms with Crippen LogP contribution in [0.2, 0.25) is 0 Å². The molecule has 6 heteroatoms. The number of nitrogens with zero attached hydrogens (tertiary/aromatic N) is 4. The molecule has 0 amide bonds. The van der Waals surface area contributed by atoms with E-state index in [-0.39, 0.29) is 20.1 Å². The second-order valence-corrected chi connectivity index (χ2v) is 21.1. The standard InChI is InChI=1S/C36H34N2.C35H29N2O.Ir/c1-25-8-15-32(16-9-25)36-21-27(3)34(24-38-36)19-14-31-7-5-6-30(22-31)11-10-29-12-17-33(18-13-29)35-20-26(2)28(4)23-37-35;1-21(2)25-11-7-12-26(22(3)4)33(25)37-18-17-36-35(37)29-14-8-13-28-31-19-24-16-15-23-9-5-6-10-27(23)30(24)20-32(31)38-34(28)29;/h5-9,12-13,15,17,20-24H,10-11,14,19H2,1-4H3;5-13,15-22H,1-4H3;/q-2;-1;+3. The average Bonchev–Trinajstić information content (AvgIpc) is 4.21. The molecule has 0 N–H and O–H groups in total. The molecule has 0 atom stereocenters. The molecule has 4 aromatic heterocycles. The minimum atomic E-state index is 0. The summed E-state index contributed by atoms with van der Waals surface area (Å²) in [7, 11) is 0. The van der Waals surface area contributed by atoms with Gasteiger partial charge in [0.05, 0.1) is 11.4 Å². The molecule has 12 aromatic rings. The predicted octanol–water partition coefficient (Wildman–Crippen LogP) is 18.0. The van der Waals surface area contributed by atoms with Crippen molar-refractivity contribution in [1.29, 1.82) is 0 Å². The van der Waals surface area contributed by atoms with E-state index in [1.54, 1.807) is 0 Å². The van der Waals surface area contributed by atoms with Gasteiger partial charge in [-0.25, -0.2) is 0 Å². The van der Waals surface area contributed by atoms with Crippen molar-refractivity contribution in [3.8, 4) is 39.6 Å². The monoisotopic (exact) mass is 1180 g/mol. The van der Waals surface area contributed by atoms with E-state index >= 15 is 0 Å². The first-order valence-electron chi connectivity index (χ1n) is 26.8. The van der Waals surface area contributed by atoms with E-state index in [2.05, 4.69) is 229 Å². The zero-order chi connectivity index (χ0) is 52.5. The molecule has 382 valence electrons. The van der Waals surface area contributed by atoms with Crippen molar-refractivity contribution in [2.45, 2.75) is 92.9 Å². The molecule has 0 fully saturated rings. The summed E-state index contributed by atoms with van der Waals surface area (Å²) in [5.74, 6) is 1.61. The fraction of sp³-hybridized carbons (Fsp3) is 0.197. The van der Waals surface area contributed by atoms with E-state index in [1.807, 2.05) is 30.7 Å². The van der Waals surface area contributed by atoms with Gasteiger partial charge in [0, 0.05) is 35.9 Å². The Labute approximate surface area is 467 Å². The Balaban J connectivity index is 0.000000172. The third-order valence-electron chi connectivity index (χ3n) is 15.1. The Morgan fingerprint density at radius 2 is 1.19 bits per heavy atom. The minimum absolute atomic E-state index is 0. The molecule has 0 aliphatic rings. The van der Waals surface area contributed by atoms with Crippen LogP contribution in [0.1, 0.15) is 95.2 Å². The van der Waals surface area contributed by atoms with Crippen LogP contribution in [-0.2, 0) is 45.8 Å². The zero-order valence-corrected chi connectivity index (χ0v) is 47.7. The predicted molar refractivity (Wildman–Crippen MR) is 316 cm³/mol. The smallest absolute Gasteiger partial charge is 0.501 e. The fourth-order valence-electron chi connectivity index (χ4n) is 10.6. The van der Waals surface area contributed by atoms with Gasteiger partial charge in [0.1, 0.15) is 5.58 Å². The van der Waals surface area contributed by atoms with Gasteiger partial charge in [-0.05, 0) is 130 Å². The molecule has 0 spiro atoms. The first-order chi connectivity index (χ1) is 36.9. The van der Waals surface area contributed by atoms with Gasteiger partial charge in [-0.1, -0.05) is 154 Å². The van der Waals surface area contributed by atoms with Gasteiger partial charge in [0.15, 0.2) is 0 Å². The van der Waals surface area contributed by atoms with Crippen LogP contribution in [0.5, 0.6) is 0 Å². The molecule has 0 aliphatic carbocycles. The molecule has 4 heterocycles. The molecule has 8 aromatic carbocycles. The topological polar surface area (TPSA) is 56.7 Å². The van der Waals surface area contributed by atoms with Gasteiger partial charge >= 0.3 is 20.1 Å². The number of fused-ring (bicyclic) bond motifs is 6. The molecule has 0 bridgehead atoms. The number of hydrogen-bond donors (Lipinski definition) is 0. The van der Waals surface area contributed by atoms with Crippen LogP contribution in [0, 0.1) is 45.9 Å². The maximum atomic E-state index is 6.63. The second-order valence-electron chi connectivity index (χ2n) is 21.1. The van der Waals surface area contributed by atoms with Crippen LogP contribution in [-0.4, -0.2) is 19.5 Å². The van der Waals surface area contributed by atoms with Gasteiger partial charge in [-0.15, -0.1) is 89.0 Å². The number of hydrogen-bond acceptors (Lipinski definition) is 4. The Kier molecular flexibility index (Phi) is 15.6. The number of aryl methyl sites for hydroxylation is 8. The van der Waals surface area contributed by atoms with E-state index in [0.717, 1.165) is 81.5 Å². The molecule has 5 nitrogen and oxygen atoms in total. The van der Waals surface area contributed by atoms with E-state index in [1.165, 1.54) is 82.9 Å². The van der Waals surface area contributed by atoms with E-state index in [4.69, 9.17) is 14.4 Å². The number of imidazole rings is 1. The number of para-hydroxylation sites is 1. The Morgan fingerprint density at radius 1 is 0.519 bits per heavy atom. The summed E-state index contributed by atoms with van der Waals surface area (Å²) in [5.41, 5.74) is 20.8. The summed E-state index contributed by atoms with van der Waals surface area (Å²) in [6.45, 7) is 17.5. The van der Waals surface area contributed by atoms with Crippen molar-refractivity contribution in [3.63, 3.8) is 0 Å². The van der Waals surface area contributed by atoms with Gasteiger partial charge in [0.2, 0.25) is 0 Å². The Morgan fingerprint density at radius 3 is 1.90 bits per heavy atom. The first-order valence-corrected chi connectivity index (χ1v) is 26.8. The first kappa shape index (κ1) is 52.7. The normalized spacial score (nSPS) is 11.5. The van der Waals surface area contributed by atoms with Crippen molar-refractivity contribution in [3.05, 3.63) is 250 Å². The summed E-state index contributed by atoms with van der Waals surface area (Å²) in [6.07, 6.45) is 11.9. The number of rotatable bonds is 12. The van der Waals surface area contributed by atoms with Crippen LogP contribution in [0.25, 0.3) is 83.1 Å². The SMILES string of the molecule is CC(C)c1cccc(C(C)C)c1-n1ccnc1-c1[c-]ccc2c1oc1cc3c(ccc4ccccc43)cc12.Cc1c[c-]c(-c2cc(C)c(CCc3cccc(CCc4c[c-]c(-c5cc(C)c(C)cn5)cc4)c3)cn2)cc1.[Ir+3]. The van der Waals surface area contributed by atoms with Gasteiger partial charge in [0.25, 0.3) is 0 Å². The third kappa shape index (κ3) is 11.1. The summed E-state index contributed by atoms with van der Waals surface area (Å²) in [5, 5.41) is 7.08. The maximum Gasteiger partial charge on any atom is 3.00 e. The third-order valence-corrected chi connectivity index (χ3v) is 15.1.